The minimum absolute atomic E-state index is 0.0234. The summed E-state index contributed by atoms with van der Waals surface area (Å²) in [7, 11) is 0. The number of fused-ring (bicyclic) bond motifs is 3. The van der Waals surface area contributed by atoms with Crippen molar-refractivity contribution < 1.29 is 9.18 Å². The molecule has 25 heavy (non-hydrogen) atoms. The van der Waals surface area contributed by atoms with Crippen LogP contribution in [0.25, 0.3) is 6.08 Å². The maximum absolute atomic E-state index is 13.9. The third-order valence-corrected chi connectivity index (χ3v) is 5.51. The van der Waals surface area contributed by atoms with Crippen LogP contribution in [0.5, 0.6) is 0 Å². The molecule has 1 saturated heterocycles. The second-order valence-electron chi connectivity index (χ2n) is 7.25. The van der Waals surface area contributed by atoms with Crippen LogP contribution in [-0.4, -0.2) is 18.1 Å². The molecule has 4 rings (SSSR count). The number of hydrogen-bond acceptors (Lipinski definition) is 2. The van der Waals surface area contributed by atoms with E-state index in [9.17, 15) is 9.18 Å². The average molecular weight is 336 g/mol. The van der Waals surface area contributed by atoms with E-state index in [1.807, 2.05) is 42.5 Å². The van der Waals surface area contributed by atoms with Crippen molar-refractivity contribution >= 4 is 17.7 Å². The number of amides is 1. The third-order valence-electron chi connectivity index (χ3n) is 5.51. The fourth-order valence-electron chi connectivity index (χ4n) is 4.11. The van der Waals surface area contributed by atoms with Crippen molar-refractivity contribution in [2.75, 3.05) is 11.4 Å². The Morgan fingerprint density at radius 2 is 1.92 bits per heavy atom. The highest BCUT2D eigenvalue weighted by atomic mass is 19.1. The van der Waals surface area contributed by atoms with E-state index >= 15 is 0 Å². The molecule has 2 aliphatic rings. The molecule has 0 saturated carbocycles. The van der Waals surface area contributed by atoms with Gasteiger partial charge in [-0.2, -0.15) is 0 Å². The predicted molar refractivity (Wildman–Crippen MR) is 97.7 cm³/mol. The van der Waals surface area contributed by atoms with Crippen LogP contribution in [0, 0.1) is 5.82 Å². The lowest BCUT2D eigenvalue weighted by Crippen LogP contribution is -2.68. The van der Waals surface area contributed by atoms with E-state index in [4.69, 9.17) is 0 Å². The summed E-state index contributed by atoms with van der Waals surface area (Å²) in [6.07, 6.45) is 4.52. The summed E-state index contributed by atoms with van der Waals surface area (Å²) in [5.41, 5.74) is 1.81. The van der Waals surface area contributed by atoms with E-state index in [2.05, 4.69) is 30.1 Å². The van der Waals surface area contributed by atoms with Crippen molar-refractivity contribution in [1.29, 1.82) is 0 Å². The second kappa shape index (κ2) is 5.45. The maximum atomic E-state index is 13.9. The summed E-state index contributed by atoms with van der Waals surface area (Å²) in [4.78, 5) is 14.5. The summed E-state index contributed by atoms with van der Waals surface area (Å²) >= 11 is 0. The fraction of sp³-hybridized carbons (Fsp3) is 0.286. The van der Waals surface area contributed by atoms with E-state index in [1.165, 1.54) is 6.07 Å². The van der Waals surface area contributed by atoms with Crippen LogP contribution in [0.4, 0.5) is 10.1 Å². The molecular formula is C21H21FN2O. The average Bonchev–Trinajstić information content (AvgIpc) is 2.78. The minimum Gasteiger partial charge on any atom is -0.344 e. The topological polar surface area (TPSA) is 32.3 Å². The minimum atomic E-state index is -0.700. The van der Waals surface area contributed by atoms with Gasteiger partial charge in [-0.3, -0.25) is 4.79 Å². The van der Waals surface area contributed by atoms with Crippen molar-refractivity contribution in [3.63, 3.8) is 0 Å². The number of benzene rings is 2. The summed E-state index contributed by atoms with van der Waals surface area (Å²) in [6, 6.07) is 14.9. The zero-order valence-corrected chi connectivity index (χ0v) is 14.4. The first-order valence-corrected chi connectivity index (χ1v) is 8.57. The van der Waals surface area contributed by atoms with Crippen molar-refractivity contribution in [3.05, 3.63) is 71.6 Å². The molecule has 1 amide bonds. The molecule has 0 bridgehead atoms. The Morgan fingerprint density at radius 1 is 1.16 bits per heavy atom. The van der Waals surface area contributed by atoms with Crippen LogP contribution in [-0.2, 0) is 10.2 Å². The number of rotatable bonds is 2. The lowest BCUT2D eigenvalue weighted by atomic mass is 9.74. The molecule has 4 heteroatoms. The quantitative estimate of drug-likeness (QED) is 0.903. The number of nitrogens with zero attached hydrogens (tertiary/aromatic N) is 1. The molecule has 1 N–H and O–H groups in total. The molecule has 2 aromatic rings. The van der Waals surface area contributed by atoms with Crippen molar-refractivity contribution in [2.45, 2.75) is 31.3 Å². The second-order valence-corrected chi connectivity index (χ2v) is 7.25. The highest BCUT2D eigenvalue weighted by Crippen LogP contribution is 2.52. The number of halogens is 1. The summed E-state index contributed by atoms with van der Waals surface area (Å²) in [5.74, 6) is -0.226. The molecule has 2 aromatic carbocycles. The normalized spacial score (nSPS) is 24.1. The number of carbonyl (C=O) groups excluding carboxylic acids is 1. The van der Waals surface area contributed by atoms with Gasteiger partial charge in [-0.15, -0.1) is 0 Å². The van der Waals surface area contributed by atoms with Gasteiger partial charge in [0.15, 0.2) is 0 Å². The molecule has 1 fully saturated rings. The highest BCUT2D eigenvalue weighted by molar-refractivity contribution is 5.84. The first-order chi connectivity index (χ1) is 11.9. The Morgan fingerprint density at radius 3 is 2.68 bits per heavy atom. The summed E-state index contributed by atoms with van der Waals surface area (Å²) < 4.78 is 13.9. The number of carbonyl (C=O) groups is 1. The van der Waals surface area contributed by atoms with Crippen molar-refractivity contribution in [3.8, 4) is 0 Å². The van der Waals surface area contributed by atoms with Crippen LogP contribution in [0.1, 0.15) is 31.4 Å². The molecule has 0 aliphatic carbocycles. The molecule has 0 radical (unpaired) electrons. The SMILES string of the molecule is CC1(C)c2cc(F)ccc2N2CCC(=O)NC21/C=C/c1ccccc1. The predicted octanol–water partition coefficient (Wildman–Crippen LogP) is 3.85. The lowest BCUT2D eigenvalue weighted by molar-refractivity contribution is -0.124. The molecule has 2 aliphatic heterocycles. The van der Waals surface area contributed by atoms with E-state index in [0.29, 0.717) is 13.0 Å². The Kier molecular flexibility index (Phi) is 3.46. The van der Waals surface area contributed by atoms with Crippen LogP contribution < -0.4 is 10.2 Å². The molecule has 0 aromatic heterocycles. The van der Waals surface area contributed by atoms with Crippen LogP contribution in [0.15, 0.2) is 54.6 Å². The standard InChI is InChI=1S/C21H21FN2O/c1-20(2)17-14-16(22)8-9-18(17)24-13-11-19(25)23-21(20,24)12-10-15-6-4-3-5-7-15/h3-10,12,14H,11,13H2,1-2H3,(H,23,25)/b12-10+. The zero-order chi connectivity index (χ0) is 17.7. The van der Waals surface area contributed by atoms with Gasteiger partial charge in [0.2, 0.25) is 5.91 Å². The fourth-order valence-corrected chi connectivity index (χ4v) is 4.11. The molecular weight excluding hydrogens is 315 g/mol. The lowest BCUT2D eigenvalue weighted by Gasteiger charge is -2.49. The van der Waals surface area contributed by atoms with Gasteiger partial charge in [0.1, 0.15) is 11.5 Å². The summed E-state index contributed by atoms with van der Waals surface area (Å²) in [5, 5.41) is 3.20. The molecule has 128 valence electrons. The van der Waals surface area contributed by atoms with E-state index in [-0.39, 0.29) is 11.7 Å². The van der Waals surface area contributed by atoms with Crippen LogP contribution >= 0.6 is 0 Å². The maximum Gasteiger partial charge on any atom is 0.223 e. The Bertz CT molecular complexity index is 859. The molecule has 3 nitrogen and oxygen atoms in total. The first kappa shape index (κ1) is 15.9. The summed E-state index contributed by atoms with van der Waals surface area (Å²) in [6.45, 7) is 4.74. The van der Waals surface area contributed by atoms with Crippen molar-refractivity contribution in [1.82, 2.24) is 5.32 Å². The number of nitrogens with one attached hydrogen (secondary N) is 1. The molecule has 1 unspecified atom stereocenters. The van der Waals surface area contributed by atoms with Gasteiger partial charge in [-0.05, 0) is 35.4 Å². The van der Waals surface area contributed by atoms with Gasteiger partial charge in [-0.25, -0.2) is 4.39 Å². The Hall–Kier alpha value is -2.62. The monoisotopic (exact) mass is 336 g/mol. The molecule has 0 spiro atoms. The van der Waals surface area contributed by atoms with Gasteiger partial charge in [0.25, 0.3) is 0 Å². The first-order valence-electron chi connectivity index (χ1n) is 8.57. The Labute approximate surface area is 147 Å². The molecule has 1 atom stereocenters. The van der Waals surface area contributed by atoms with E-state index in [0.717, 1.165) is 16.8 Å². The van der Waals surface area contributed by atoms with Crippen LogP contribution in [0.2, 0.25) is 0 Å². The van der Waals surface area contributed by atoms with Gasteiger partial charge < -0.3 is 10.2 Å². The van der Waals surface area contributed by atoms with Gasteiger partial charge in [0.05, 0.1) is 0 Å². The van der Waals surface area contributed by atoms with E-state index in [1.54, 1.807) is 6.07 Å². The highest BCUT2D eigenvalue weighted by Gasteiger charge is 2.57. The third kappa shape index (κ3) is 2.28. The zero-order valence-electron chi connectivity index (χ0n) is 14.4. The number of anilines is 1. The van der Waals surface area contributed by atoms with Gasteiger partial charge >= 0.3 is 0 Å². The molecule has 2 heterocycles. The largest absolute Gasteiger partial charge is 0.344 e. The van der Waals surface area contributed by atoms with E-state index < -0.39 is 11.1 Å². The smallest absolute Gasteiger partial charge is 0.223 e. The van der Waals surface area contributed by atoms with Gasteiger partial charge in [0, 0.05) is 24.1 Å². The Balaban J connectivity index is 1.87. The van der Waals surface area contributed by atoms with Gasteiger partial charge in [-0.1, -0.05) is 50.3 Å². The van der Waals surface area contributed by atoms with Crippen molar-refractivity contribution in [2.24, 2.45) is 0 Å². The number of hydrogen-bond donors (Lipinski definition) is 1. The van der Waals surface area contributed by atoms with Crippen LogP contribution in [0.3, 0.4) is 0 Å².